The number of nitrogens with zero attached hydrogens (tertiary/aromatic N) is 1. The molecule has 0 saturated heterocycles. The minimum Gasteiger partial charge on any atom is -0.477 e. The summed E-state index contributed by atoms with van der Waals surface area (Å²) in [5.74, 6) is -0.435. The molecule has 0 atom stereocenters. The highest BCUT2D eigenvalue weighted by Gasteiger charge is 2.09. The van der Waals surface area contributed by atoms with Crippen molar-refractivity contribution in [1.29, 1.82) is 0 Å². The van der Waals surface area contributed by atoms with Gasteiger partial charge >= 0.3 is 5.97 Å². The number of carbonyl (C=O) groups is 1. The van der Waals surface area contributed by atoms with E-state index in [-0.39, 0.29) is 5.69 Å². The van der Waals surface area contributed by atoms with Gasteiger partial charge in [-0.2, -0.15) is 0 Å². The van der Waals surface area contributed by atoms with Gasteiger partial charge in [-0.3, -0.25) is 0 Å². The van der Waals surface area contributed by atoms with E-state index in [1.54, 1.807) is 22.9 Å². The zero-order chi connectivity index (χ0) is 12.4. The maximum absolute atomic E-state index is 11.0. The lowest BCUT2D eigenvalue weighted by Crippen LogP contribution is -2.05. The van der Waals surface area contributed by atoms with E-state index < -0.39 is 5.97 Å². The van der Waals surface area contributed by atoms with Gasteiger partial charge in [0.15, 0.2) is 0 Å². The Morgan fingerprint density at radius 2 is 1.82 bits per heavy atom. The van der Waals surface area contributed by atoms with Crippen molar-refractivity contribution in [3.8, 4) is 5.69 Å². The van der Waals surface area contributed by atoms with E-state index in [2.05, 4.69) is 13.8 Å². The molecule has 88 valence electrons. The quantitative estimate of drug-likeness (QED) is 0.877. The van der Waals surface area contributed by atoms with Gasteiger partial charge in [-0.05, 0) is 35.7 Å². The Morgan fingerprint density at radius 1 is 1.18 bits per heavy atom. The van der Waals surface area contributed by atoms with E-state index in [0.29, 0.717) is 5.92 Å². The predicted molar refractivity (Wildman–Crippen MR) is 66.8 cm³/mol. The molecule has 0 saturated carbocycles. The highest BCUT2D eigenvalue weighted by Crippen LogP contribution is 2.18. The third-order valence-corrected chi connectivity index (χ3v) is 2.81. The zero-order valence-corrected chi connectivity index (χ0v) is 9.92. The van der Waals surface area contributed by atoms with Crippen LogP contribution in [-0.2, 0) is 0 Å². The van der Waals surface area contributed by atoms with Gasteiger partial charge in [-0.25, -0.2) is 4.79 Å². The topological polar surface area (TPSA) is 42.2 Å². The molecule has 1 aromatic heterocycles. The summed E-state index contributed by atoms with van der Waals surface area (Å²) in [6.45, 7) is 4.26. The van der Waals surface area contributed by atoms with Crippen molar-refractivity contribution in [2.45, 2.75) is 19.8 Å². The van der Waals surface area contributed by atoms with Gasteiger partial charge in [0.05, 0.1) is 0 Å². The number of hydrogen-bond acceptors (Lipinski definition) is 1. The number of aromatic carboxylic acids is 1. The van der Waals surface area contributed by atoms with E-state index in [1.807, 2.05) is 24.3 Å². The molecule has 0 unspecified atom stereocenters. The van der Waals surface area contributed by atoms with Crippen LogP contribution in [0.1, 0.15) is 35.8 Å². The van der Waals surface area contributed by atoms with Crippen LogP contribution in [0, 0.1) is 0 Å². The van der Waals surface area contributed by atoms with Gasteiger partial charge in [-0.1, -0.05) is 26.0 Å². The first-order valence-electron chi connectivity index (χ1n) is 5.60. The van der Waals surface area contributed by atoms with Gasteiger partial charge < -0.3 is 9.67 Å². The number of carboxylic acids is 1. The average Bonchev–Trinajstić information content (AvgIpc) is 2.78. The van der Waals surface area contributed by atoms with Crippen molar-refractivity contribution in [2.75, 3.05) is 0 Å². The molecule has 1 aromatic carbocycles. The standard InChI is InChI=1S/C14H15NO2/c1-10(2)11-5-7-12(8-6-11)15-9-3-4-13(15)14(16)17/h3-10H,1-2H3,(H,16,17). The van der Waals surface area contributed by atoms with E-state index in [1.165, 1.54) is 5.56 Å². The van der Waals surface area contributed by atoms with Crippen LogP contribution in [-0.4, -0.2) is 15.6 Å². The Hall–Kier alpha value is -2.03. The second-order valence-corrected chi connectivity index (χ2v) is 4.31. The smallest absolute Gasteiger partial charge is 0.352 e. The number of benzene rings is 1. The van der Waals surface area contributed by atoms with E-state index in [9.17, 15) is 4.79 Å². The van der Waals surface area contributed by atoms with Crippen LogP contribution in [0.3, 0.4) is 0 Å². The molecule has 1 N–H and O–H groups in total. The first kappa shape index (κ1) is 11.5. The molecular formula is C14H15NO2. The van der Waals surface area contributed by atoms with Crippen LogP contribution in [0.2, 0.25) is 0 Å². The SMILES string of the molecule is CC(C)c1ccc(-n2cccc2C(=O)O)cc1. The van der Waals surface area contributed by atoms with Crippen LogP contribution in [0.15, 0.2) is 42.6 Å². The maximum atomic E-state index is 11.0. The molecule has 2 aromatic rings. The number of aromatic nitrogens is 1. The summed E-state index contributed by atoms with van der Waals surface area (Å²) in [4.78, 5) is 11.0. The third-order valence-electron chi connectivity index (χ3n) is 2.81. The third kappa shape index (κ3) is 2.23. The van der Waals surface area contributed by atoms with Gasteiger partial charge in [-0.15, -0.1) is 0 Å². The summed E-state index contributed by atoms with van der Waals surface area (Å²) in [6.07, 6.45) is 1.76. The molecule has 0 fully saturated rings. The minimum atomic E-state index is -0.914. The molecule has 3 heteroatoms. The first-order chi connectivity index (χ1) is 8.09. The molecule has 1 heterocycles. The monoisotopic (exact) mass is 229 g/mol. The van der Waals surface area contributed by atoms with Crippen molar-refractivity contribution in [3.05, 3.63) is 53.9 Å². The van der Waals surface area contributed by atoms with Crippen molar-refractivity contribution in [2.24, 2.45) is 0 Å². The average molecular weight is 229 g/mol. The summed E-state index contributed by atoms with van der Waals surface area (Å²) in [5, 5.41) is 9.04. The Kier molecular flexibility index (Phi) is 3.00. The van der Waals surface area contributed by atoms with E-state index in [4.69, 9.17) is 5.11 Å². The molecule has 0 bridgehead atoms. The van der Waals surface area contributed by atoms with Gasteiger partial charge in [0, 0.05) is 11.9 Å². The van der Waals surface area contributed by atoms with Crippen LogP contribution in [0.5, 0.6) is 0 Å². The molecule has 17 heavy (non-hydrogen) atoms. The van der Waals surface area contributed by atoms with Crippen LogP contribution < -0.4 is 0 Å². The molecule has 0 aliphatic rings. The van der Waals surface area contributed by atoms with Crippen molar-refractivity contribution >= 4 is 5.97 Å². The highest BCUT2D eigenvalue weighted by molar-refractivity contribution is 5.86. The van der Waals surface area contributed by atoms with E-state index in [0.717, 1.165) is 5.69 Å². The largest absolute Gasteiger partial charge is 0.477 e. The molecular weight excluding hydrogens is 214 g/mol. The van der Waals surface area contributed by atoms with Gasteiger partial charge in [0.25, 0.3) is 0 Å². The lowest BCUT2D eigenvalue weighted by molar-refractivity contribution is 0.0688. The van der Waals surface area contributed by atoms with Gasteiger partial charge in [0.2, 0.25) is 0 Å². The molecule has 0 spiro atoms. The Labute approximate surface area is 100 Å². The second kappa shape index (κ2) is 4.45. The van der Waals surface area contributed by atoms with E-state index >= 15 is 0 Å². The Balaban J connectivity index is 2.40. The number of carboxylic acid groups (broad SMARTS) is 1. The number of rotatable bonds is 3. The molecule has 0 amide bonds. The lowest BCUT2D eigenvalue weighted by atomic mass is 10.0. The fourth-order valence-corrected chi connectivity index (χ4v) is 1.80. The minimum absolute atomic E-state index is 0.280. The highest BCUT2D eigenvalue weighted by atomic mass is 16.4. The summed E-state index contributed by atoms with van der Waals surface area (Å²) in [6, 6.07) is 11.3. The Bertz CT molecular complexity index is 523. The zero-order valence-electron chi connectivity index (χ0n) is 9.92. The Morgan fingerprint density at radius 3 is 2.35 bits per heavy atom. The van der Waals surface area contributed by atoms with Crippen LogP contribution in [0.25, 0.3) is 5.69 Å². The molecule has 0 aliphatic heterocycles. The van der Waals surface area contributed by atoms with Gasteiger partial charge in [0.1, 0.15) is 5.69 Å². The fourth-order valence-electron chi connectivity index (χ4n) is 1.80. The fraction of sp³-hybridized carbons (Fsp3) is 0.214. The normalized spacial score (nSPS) is 10.8. The summed E-state index contributed by atoms with van der Waals surface area (Å²) in [7, 11) is 0. The predicted octanol–water partition coefficient (Wildman–Crippen LogP) is 3.30. The number of hydrogen-bond donors (Lipinski definition) is 1. The summed E-state index contributed by atoms with van der Waals surface area (Å²) < 4.78 is 1.67. The maximum Gasteiger partial charge on any atom is 0.352 e. The first-order valence-corrected chi connectivity index (χ1v) is 5.60. The summed E-state index contributed by atoms with van der Waals surface area (Å²) >= 11 is 0. The summed E-state index contributed by atoms with van der Waals surface area (Å²) in [5.41, 5.74) is 2.40. The molecule has 2 rings (SSSR count). The van der Waals surface area contributed by atoms with Crippen LogP contribution >= 0.6 is 0 Å². The second-order valence-electron chi connectivity index (χ2n) is 4.31. The lowest BCUT2D eigenvalue weighted by Gasteiger charge is -2.09. The molecule has 3 nitrogen and oxygen atoms in total. The molecule has 0 radical (unpaired) electrons. The van der Waals surface area contributed by atoms with Crippen molar-refractivity contribution in [1.82, 2.24) is 4.57 Å². The van der Waals surface area contributed by atoms with Crippen molar-refractivity contribution in [3.63, 3.8) is 0 Å². The molecule has 0 aliphatic carbocycles. The van der Waals surface area contributed by atoms with Crippen molar-refractivity contribution < 1.29 is 9.90 Å². The van der Waals surface area contributed by atoms with Crippen LogP contribution in [0.4, 0.5) is 0 Å².